The zero-order chi connectivity index (χ0) is 38.6. The molecule has 4 aliphatic heterocycles. The summed E-state index contributed by atoms with van der Waals surface area (Å²) in [7, 11) is 0. The van der Waals surface area contributed by atoms with E-state index < -0.39 is 6.04 Å². The molecule has 6 aliphatic rings. The molecule has 56 heavy (non-hydrogen) atoms. The summed E-state index contributed by atoms with van der Waals surface area (Å²) in [5, 5.41) is 12.6. The van der Waals surface area contributed by atoms with Crippen molar-refractivity contribution in [1.29, 1.82) is 0 Å². The van der Waals surface area contributed by atoms with Gasteiger partial charge >= 0.3 is 0 Å². The number of carbonyl (C=O) groups is 3. The fourth-order valence-corrected chi connectivity index (χ4v) is 10.6. The fraction of sp³-hybridized carbons (Fsp3) is 0.457. The summed E-state index contributed by atoms with van der Waals surface area (Å²) >= 11 is 0. The van der Waals surface area contributed by atoms with Crippen LogP contribution in [0.2, 0.25) is 0 Å². The molecule has 10 heteroatoms. The number of anilines is 2. The van der Waals surface area contributed by atoms with E-state index in [2.05, 4.69) is 69.4 Å². The van der Waals surface area contributed by atoms with E-state index >= 15 is 4.39 Å². The maximum Gasteiger partial charge on any atom is 0.255 e. The van der Waals surface area contributed by atoms with E-state index in [-0.39, 0.29) is 47.0 Å². The highest BCUT2D eigenvalue weighted by molar-refractivity contribution is 6.05. The summed E-state index contributed by atoms with van der Waals surface area (Å²) in [6, 6.07) is 17.1. The topological polar surface area (TPSA) is 96.4 Å². The number of phenolic OH excluding ortho intramolecular Hbond substituents is 1. The van der Waals surface area contributed by atoms with Gasteiger partial charge in [0.25, 0.3) is 5.91 Å². The number of benzene rings is 3. The average Bonchev–Trinajstić information content (AvgIpc) is 3.53. The number of rotatable bonds is 7. The normalized spacial score (nSPS) is 27.1. The van der Waals surface area contributed by atoms with E-state index in [1.165, 1.54) is 11.1 Å². The van der Waals surface area contributed by atoms with Gasteiger partial charge in [0.05, 0.1) is 5.69 Å². The van der Waals surface area contributed by atoms with Gasteiger partial charge < -0.3 is 19.8 Å². The van der Waals surface area contributed by atoms with Crippen molar-refractivity contribution < 1.29 is 23.9 Å². The van der Waals surface area contributed by atoms with Crippen LogP contribution < -0.4 is 15.1 Å². The molecule has 3 amide bonds. The van der Waals surface area contributed by atoms with Crippen LogP contribution in [0.1, 0.15) is 84.0 Å². The second kappa shape index (κ2) is 14.8. The Balaban J connectivity index is 0.798. The first kappa shape index (κ1) is 36.7. The number of amides is 3. The number of allylic oxidation sites excluding steroid dienone is 4. The Hall–Kier alpha value is -4.96. The second-order valence-corrected chi connectivity index (χ2v) is 17.2. The van der Waals surface area contributed by atoms with Crippen molar-refractivity contribution in [3.05, 3.63) is 113 Å². The van der Waals surface area contributed by atoms with Crippen molar-refractivity contribution in [2.45, 2.75) is 70.4 Å². The number of nitrogens with one attached hydrogen (secondary N) is 1. The van der Waals surface area contributed by atoms with Crippen LogP contribution >= 0.6 is 0 Å². The number of aromatic hydroxyl groups is 1. The molecular formula is C46H52FN5O4. The second-order valence-electron chi connectivity index (χ2n) is 17.2. The van der Waals surface area contributed by atoms with E-state index in [0.717, 1.165) is 94.7 Å². The maximum absolute atomic E-state index is 16.2. The lowest BCUT2D eigenvalue weighted by molar-refractivity contribution is -0.136. The molecule has 292 valence electrons. The van der Waals surface area contributed by atoms with Crippen LogP contribution in [0.3, 0.4) is 0 Å². The third-order valence-electron chi connectivity index (χ3n) is 13.8. The lowest BCUT2D eigenvalue weighted by Gasteiger charge is -2.45. The number of hydrogen-bond donors (Lipinski definition) is 2. The number of imide groups is 1. The molecule has 9 nitrogen and oxygen atoms in total. The van der Waals surface area contributed by atoms with Gasteiger partial charge in [0.1, 0.15) is 17.6 Å². The Morgan fingerprint density at radius 1 is 0.839 bits per heavy atom. The van der Waals surface area contributed by atoms with E-state index in [4.69, 9.17) is 0 Å². The van der Waals surface area contributed by atoms with Crippen molar-refractivity contribution >= 4 is 29.1 Å². The van der Waals surface area contributed by atoms with Gasteiger partial charge in [-0.05, 0) is 120 Å². The number of halogens is 1. The minimum Gasteiger partial charge on any atom is -0.508 e. The van der Waals surface area contributed by atoms with Gasteiger partial charge in [-0.15, -0.1) is 0 Å². The number of piperidine rings is 2. The SMILES string of the molecule is CC1([C@H]2CCc3cc(O)ccc3[C@H]2c2ccc(N3CCC(CN4CCN(c5ccc6c(c5)CN([C@@H]5CCC(=O)NC5=O)C6=O)CC4)CC3)c(F)c2)C=CC=CC1. The van der Waals surface area contributed by atoms with Crippen LogP contribution in [-0.2, 0) is 22.6 Å². The highest BCUT2D eigenvalue weighted by Crippen LogP contribution is 2.52. The van der Waals surface area contributed by atoms with Crippen LogP contribution in [-0.4, -0.2) is 84.5 Å². The lowest BCUT2D eigenvalue weighted by atomic mass is 9.59. The van der Waals surface area contributed by atoms with Crippen molar-refractivity contribution in [3.63, 3.8) is 0 Å². The molecule has 0 radical (unpaired) electrons. The largest absolute Gasteiger partial charge is 0.508 e. The smallest absolute Gasteiger partial charge is 0.255 e. The third kappa shape index (κ3) is 6.90. The fourth-order valence-electron chi connectivity index (χ4n) is 10.6. The third-order valence-corrected chi connectivity index (χ3v) is 13.8. The van der Waals surface area contributed by atoms with Crippen LogP contribution in [0.5, 0.6) is 5.75 Å². The minimum absolute atomic E-state index is 0.0225. The molecule has 0 saturated carbocycles. The molecule has 0 spiro atoms. The molecule has 9 rings (SSSR count). The summed E-state index contributed by atoms with van der Waals surface area (Å²) in [5.74, 6) is 0.278. The number of hydrogen-bond acceptors (Lipinski definition) is 7. The van der Waals surface area contributed by atoms with Crippen LogP contribution in [0, 0.1) is 23.1 Å². The maximum atomic E-state index is 16.2. The van der Waals surface area contributed by atoms with Crippen LogP contribution in [0.15, 0.2) is 78.9 Å². The quantitative estimate of drug-likeness (QED) is 0.264. The van der Waals surface area contributed by atoms with Crippen molar-refractivity contribution in [3.8, 4) is 5.75 Å². The highest BCUT2D eigenvalue weighted by atomic mass is 19.1. The summed E-state index contributed by atoms with van der Waals surface area (Å²) in [6.45, 7) is 9.18. The first-order valence-corrected chi connectivity index (χ1v) is 20.6. The predicted octanol–water partition coefficient (Wildman–Crippen LogP) is 6.55. The Morgan fingerprint density at radius 2 is 1.66 bits per heavy atom. The Bertz CT molecular complexity index is 2100. The van der Waals surface area contributed by atoms with E-state index in [1.807, 2.05) is 24.3 Å². The number of nitrogens with zero attached hydrogens (tertiary/aromatic N) is 4. The molecular weight excluding hydrogens is 706 g/mol. The zero-order valence-corrected chi connectivity index (χ0v) is 32.3. The number of fused-ring (bicyclic) bond motifs is 2. The predicted molar refractivity (Wildman–Crippen MR) is 215 cm³/mol. The van der Waals surface area contributed by atoms with Crippen molar-refractivity contribution in [1.82, 2.24) is 15.1 Å². The number of piperazine rings is 1. The van der Waals surface area contributed by atoms with Gasteiger partial charge in [0, 0.05) is 75.9 Å². The van der Waals surface area contributed by atoms with Crippen molar-refractivity contribution in [2.24, 2.45) is 17.3 Å². The Labute approximate surface area is 328 Å². The van der Waals surface area contributed by atoms with Gasteiger partial charge in [0.15, 0.2) is 0 Å². The molecule has 4 heterocycles. The molecule has 1 unspecified atom stereocenters. The Kier molecular flexibility index (Phi) is 9.72. The molecule has 3 aromatic carbocycles. The number of aryl methyl sites for hydroxylation is 1. The van der Waals surface area contributed by atoms with Gasteiger partial charge in [-0.1, -0.05) is 43.4 Å². The molecule has 4 atom stereocenters. The highest BCUT2D eigenvalue weighted by Gasteiger charge is 2.42. The molecule has 0 aromatic heterocycles. The average molecular weight is 758 g/mol. The Morgan fingerprint density at radius 3 is 2.41 bits per heavy atom. The number of carbonyl (C=O) groups excluding carboxylic acids is 3. The van der Waals surface area contributed by atoms with Gasteiger partial charge in [-0.25, -0.2) is 4.39 Å². The van der Waals surface area contributed by atoms with Crippen LogP contribution in [0.25, 0.3) is 0 Å². The zero-order valence-electron chi connectivity index (χ0n) is 32.3. The van der Waals surface area contributed by atoms with Gasteiger partial charge in [0.2, 0.25) is 11.8 Å². The summed E-state index contributed by atoms with van der Waals surface area (Å²) in [6.07, 6.45) is 14.4. The molecule has 3 aromatic rings. The summed E-state index contributed by atoms with van der Waals surface area (Å²) in [5.41, 5.74) is 6.74. The minimum atomic E-state index is -0.604. The standard InChI is InChI=1S/C46H52FN5O4/c1-46(17-3-2-4-18-46)38-11-5-31-26-35(53)8-10-36(31)43(38)32-6-12-40(39(47)27-32)51-19-15-30(16-20-51)28-49-21-23-50(24-22-49)34-7-9-37-33(25-34)29-52(45(37)56)41-13-14-42(54)48-44(41)55/h2-4,6-10,12,17,25-27,30,38,41,43,53H,5,11,13-16,18-24,28-29H2,1H3,(H,48,54,55)/t38-,41+,43+,46?/m0/s1. The lowest BCUT2D eigenvalue weighted by Crippen LogP contribution is -2.52. The van der Waals surface area contributed by atoms with Gasteiger partial charge in [-0.2, -0.15) is 0 Å². The summed E-state index contributed by atoms with van der Waals surface area (Å²) in [4.78, 5) is 46.0. The summed E-state index contributed by atoms with van der Waals surface area (Å²) < 4.78 is 16.2. The van der Waals surface area contributed by atoms with E-state index in [1.54, 1.807) is 17.0 Å². The molecule has 2 N–H and O–H groups in total. The van der Waals surface area contributed by atoms with E-state index in [9.17, 15) is 19.5 Å². The van der Waals surface area contributed by atoms with E-state index in [0.29, 0.717) is 36.1 Å². The first-order chi connectivity index (χ1) is 27.1. The molecule has 0 bridgehead atoms. The molecule has 3 fully saturated rings. The van der Waals surface area contributed by atoms with Crippen molar-refractivity contribution in [2.75, 3.05) is 55.6 Å². The monoisotopic (exact) mass is 757 g/mol. The first-order valence-electron chi connectivity index (χ1n) is 20.6. The van der Waals surface area contributed by atoms with Crippen LogP contribution in [0.4, 0.5) is 15.8 Å². The molecule has 3 saturated heterocycles. The number of phenols is 1. The molecule has 2 aliphatic carbocycles. The van der Waals surface area contributed by atoms with Gasteiger partial charge in [-0.3, -0.25) is 24.6 Å².